The maximum atomic E-state index is 12.5. The van der Waals surface area contributed by atoms with Crippen LogP contribution in [0.15, 0.2) is 42.5 Å². The number of nitrogens with zero attached hydrogens (tertiary/aromatic N) is 1. The van der Waals surface area contributed by atoms with Gasteiger partial charge in [-0.2, -0.15) is 0 Å². The number of carbonyl (C=O) groups is 2. The molecule has 0 atom stereocenters. The highest BCUT2D eigenvalue weighted by atomic mass is 16.5. The molecule has 1 N–H and O–H groups in total. The van der Waals surface area contributed by atoms with Crippen molar-refractivity contribution in [1.82, 2.24) is 0 Å². The van der Waals surface area contributed by atoms with Gasteiger partial charge >= 0.3 is 5.97 Å². The van der Waals surface area contributed by atoms with Crippen molar-refractivity contribution in [2.24, 2.45) is 0 Å². The quantitative estimate of drug-likeness (QED) is 0.388. The zero-order valence-corrected chi connectivity index (χ0v) is 17.1. The highest BCUT2D eigenvalue weighted by molar-refractivity contribution is 5.96. The number of unbranched alkanes of at least 4 members (excludes halogenated alkanes) is 3. The van der Waals surface area contributed by atoms with Crippen molar-refractivity contribution < 1.29 is 19.1 Å². The first kappa shape index (κ1) is 20.7. The lowest BCUT2D eigenvalue weighted by Crippen LogP contribution is -2.41. The average Bonchev–Trinajstić information content (AvgIpc) is 2.69. The average molecular weight is 396 g/mol. The highest BCUT2D eigenvalue weighted by Gasteiger charge is 2.25. The molecule has 6 nitrogen and oxygen atoms in total. The third-order valence-electron chi connectivity index (χ3n) is 4.74. The van der Waals surface area contributed by atoms with Crippen molar-refractivity contribution in [3.8, 4) is 11.5 Å². The second-order valence-electron chi connectivity index (χ2n) is 7.28. The summed E-state index contributed by atoms with van der Waals surface area (Å²) >= 11 is 0. The van der Waals surface area contributed by atoms with Crippen LogP contribution < -0.4 is 19.7 Å². The Hall–Kier alpha value is -3.02. The first-order valence-corrected chi connectivity index (χ1v) is 10.1. The molecule has 2 aromatic rings. The van der Waals surface area contributed by atoms with E-state index >= 15 is 0 Å². The van der Waals surface area contributed by atoms with Gasteiger partial charge in [0, 0.05) is 5.69 Å². The van der Waals surface area contributed by atoms with Crippen LogP contribution in [-0.4, -0.2) is 31.6 Å². The molecular formula is C23H28N2O4. The Morgan fingerprint density at radius 1 is 1.14 bits per heavy atom. The van der Waals surface area contributed by atoms with Crippen molar-refractivity contribution in [2.75, 3.05) is 29.9 Å². The lowest BCUT2D eigenvalue weighted by Gasteiger charge is -2.29. The molecule has 2 aromatic carbocycles. The van der Waals surface area contributed by atoms with E-state index in [1.807, 2.05) is 43.3 Å². The summed E-state index contributed by atoms with van der Waals surface area (Å²) in [5.41, 5.74) is 2.49. The summed E-state index contributed by atoms with van der Waals surface area (Å²) in [6, 6.07) is 12.9. The molecule has 1 heterocycles. The minimum Gasteiger partial charge on any atom is -0.494 e. The number of ether oxygens (including phenoxy) is 2. The van der Waals surface area contributed by atoms with Crippen LogP contribution >= 0.6 is 0 Å². The predicted octanol–water partition coefficient (Wildman–Crippen LogP) is 4.32. The lowest BCUT2D eigenvalue weighted by molar-refractivity contribution is -0.133. The van der Waals surface area contributed by atoms with Crippen LogP contribution in [0.3, 0.4) is 0 Å². The first-order valence-electron chi connectivity index (χ1n) is 10.1. The van der Waals surface area contributed by atoms with E-state index in [0.29, 0.717) is 18.0 Å². The molecular weight excluding hydrogens is 368 g/mol. The van der Waals surface area contributed by atoms with Gasteiger partial charge in [0.15, 0.2) is 5.75 Å². The lowest BCUT2D eigenvalue weighted by atomic mass is 10.1. The van der Waals surface area contributed by atoms with Crippen molar-refractivity contribution in [2.45, 2.75) is 39.5 Å². The molecule has 0 bridgehead atoms. The van der Waals surface area contributed by atoms with Crippen LogP contribution in [0.5, 0.6) is 11.5 Å². The Morgan fingerprint density at radius 2 is 1.93 bits per heavy atom. The molecule has 0 spiro atoms. The van der Waals surface area contributed by atoms with E-state index < -0.39 is 0 Å². The van der Waals surface area contributed by atoms with Gasteiger partial charge in [0.05, 0.1) is 18.8 Å². The number of hydrogen-bond donors (Lipinski definition) is 1. The number of rotatable bonds is 9. The Bertz CT molecular complexity index is 848. The molecule has 0 radical (unpaired) electrons. The zero-order valence-electron chi connectivity index (χ0n) is 17.1. The van der Waals surface area contributed by atoms with E-state index in [2.05, 4.69) is 12.2 Å². The van der Waals surface area contributed by atoms with Crippen LogP contribution in [0.4, 0.5) is 11.4 Å². The van der Waals surface area contributed by atoms with Gasteiger partial charge < -0.3 is 19.7 Å². The van der Waals surface area contributed by atoms with Crippen LogP contribution in [0.25, 0.3) is 0 Å². The Morgan fingerprint density at radius 3 is 2.69 bits per heavy atom. The van der Waals surface area contributed by atoms with Gasteiger partial charge in [-0.1, -0.05) is 32.3 Å². The van der Waals surface area contributed by atoms with Crippen molar-refractivity contribution in [3.05, 3.63) is 48.0 Å². The monoisotopic (exact) mass is 396 g/mol. The number of fused-ring (bicyclic) bond motifs is 1. The van der Waals surface area contributed by atoms with Gasteiger partial charge in [0.2, 0.25) is 5.91 Å². The Kier molecular flexibility index (Phi) is 7.11. The molecule has 3 rings (SSSR count). The number of benzene rings is 2. The van der Waals surface area contributed by atoms with E-state index in [4.69, 9.17) is 9.47 Å². The van der Waals surface area contributed by atoms with E-state index in [9.17, 15) is 9.59 Å². The van der Waals surface area contributed by atoms with E-state index in [-0.39, 0.29) is 25.0 Å². The van der Waals surface area contributed by atoms with Crippen LogP contribution in [0, 0.1) is 6.92 Å². The van der Waals surface area contributed by atoms with Gasteiger partial charge in [-0.05, 0) is 55.3 Å². The third kappa shape index (κ3) is 5.98. The van der Waals surface area contributed by atoms with E-state index in [1.165, 1.54) is 19.3 Å². The summed E-state index contributed by atoms with van der Waals surface area (Å²) in [7, 11) is 0. The standard InChI is InChI=1S/C23H28N2O4/c1-3-4-5-6-13-28-19-10-8-18(9-11-19)24-22(26)15-25-16-23(27)29-21-12-7-17(2)14-20(21)25/h7-12,14H,3-6,13,15-16H2,1-2H3,(H,24,26). The van der Waals surface area contributed by atoms with Gasteiger partial charge in [0.25, 0.3) is 0 Å². The molecule has 0 aromatic heterocycles. The molecule has 29 heavy (non-hydrogen) atoms. The molecule has 6 heteroatoms. The number of aryl methyl sites for hydroxylation is 1. The van der Waals surface area contributed by atoms with Crippen LogP contribution in [0.1, 0.15) is 38.2 Å². The molecule has 0 saturated heterocycles. The first-order chi connectivity index (χ1) is 14.0. The van der Waals surface area contributed by atoms with Crippen LogP contribution in [-0.2, 0) is 9.59 Å². The summed E-state index contributed by atoms with van der Waals surface area (Å²) in [6.45, 7) is 4.97. The number of hydrogen-bond acceptors (Lipinski definition) is 5. The molecule has 0 fully saturated rings. The minimum absolute atomic E-state index is 0.0503. The second-order valence-corrected chi connectivity index (χ2v) is 7.28. The number of nitrogens with one attached hydrogen (secondary N) is 1. The van der Waals surface area contributed by atoms with E-state index in [1.54, 1.807) is 11.0 Å². The van der Waals surface area contributed by atoms with Crippen molar-refractivity contribution in [1.29, 1.82) is 0 Å². The minimum atomic E-state index is -0.366. The molecule has 154 valence electrons. The molecule has 1 aliphatic heterocycles. The fourth-order valence-corrected chi connectivity index (χ4v) is 3.23. The largest absolute Gasteiger partial charge is 0.494 e. The molecule has 0 saturated carbocycles. The summed E-state index contributed by atoms with van der Waals surface area (Å²) in [6.07, 6.45) is 4.66. The maximum absolute atomic E-state index is 12.5. The Balaban J connectivity index is 1.53. The predicted molar refractivity (Wildman–Crippen MR) is 114 cm³/mol. The van der Waals surface area contributed by atoms with Gasteiger partial charge in [-0.25, -0.2) is 4.79 Å². The summed E-state index contributed by atoms with van der Waals surface area (Å²) in [5, 5.41) is 2.87. The smallest absolute Gasteiger partial charge is 0.331 e. The molecule has 1 amide bonds. The topological polar surface area (TPSA) is 67.9 Å². The van der Waals surface area contributed by atoms with Crippen molar-refractivity contribution in [3.63, 3.8) is 0 Å². The number of carbonyl (C=O) groups excluding carboxylic acids is 2. The zero-order chi connectivity index (χ0) is 20.6. The van der Waals surface area contributed by atoms with Gasteiger partial charge in [-0.15, -0.1) is 0 Å². The maximum Gasteiger partial charge on any atom is 0.331 e. The third-order valence-corrected chi connectivity index (χ3v) is 4.74. The van der Waals surface area contributed by atoms with Gasteiger partial charge in [0.1, 0.15) is 12.3 Å². The normalized spacial score (nSPS) is 12.9. The summed E-state index contributed by atoms with van der Waals surface area (Å²) in [4.78, 5) is 26.1. The number of esters is 1. The number of amides is 1. The summed E-state index contributed by atoms with van der Waals surface area (Å²) < 4.78 is 11.0. The SMILES string of the molecule is CCCCCCOc1ccc(NC(=O)CN2CC(=O)Oc3ccc(C)cc32)cc1. The second kappa shape index (κ2) is 9.96. The highest BCUT2D eigenvalue weighted by Crippen LogP contribution is 2.32. The van der Waals surface area contributed by atoms with E-state index in [0.717, 1.165) is 23.4 Å². The molecule has 0 unspecified atom stereocenters. The molecule has 1 aliphatic rings. The number of anilines is 2. The summed E-state index contributed by atoms with van der Waals surface area (Å²) in [5.74, 6) is 0.720. The fraction of sp³-hybridized carbons (Fsp3) is 0.391. The van der Waals surface area contributed by atoms with Gasteiger partial charge in [-0.3, -0.25) is 4.79 Å². The Labute approximate surface area is 171 Å². The van der Waals surface area contributed by atoms with Crippen LogP contribution in [0.2, 0.25) is 0 Å². The fourth-order valence-electron chi connectivity index (χ4n) is 3.23. The van der Waals surface area contributed by atoms with Crippen molar-refractivity contribution >= 4 is 23.3 Å². The molecule has 0 aliphatic carbocycles.